The number of nitrogens with zero attached hydrogens (tertiary/aromatic N) is 3. The van der Waals surface area contributed by atoms with E-state index < -0.39 is 10.0 Å². The summed E-state index contributed by atoms with van der Waals surface area (Å²) in [5.41, 5.74) is 2.85. The van der Waals surface area contributed by atoms with Gasteiger partial charge in [0.05, 0.1) is 28.6 Å². The van der Waals surface area contributed by atoms with Crippen LogP contribution in [0.15, 0.2) is 57.0 Å². The molecule has 32 heavy (non-hydrogen) atoms. The van der Waals surface area contributed by atoms with Gasteiger partial charge >= 0.3 is 0 Å². The number of benzene rings is 2. The van der Waals surface area contributed by atoms with Gasteiger partial charge in [0.15, 0.2) is 5.16 Å². The van der Waals surface area contributed by atoms with E-state index in [0.29, 0.717) is 23.5 Å². The molecular weight excluding hydrogens is 510 g/mol. The fourth-order valence-corrected chi connectivity index (χ4v) is 6.69. The molecule has 2 heterocycles. The second kappa shape index (κ2) is 10.3. The highest BCUT2D eigenvalue weighted by Gasteiger charge is 2.24. The molecule has 1 fully saturated rings. The molecule has 0 N–H and O–H groups in total. The Bertz CT molecular complexity index is 1170. The molecule has 4 rings (SSSR count). The Kier molecular flexibility index (Phi) is 7.62. The lowest BCUT2D eigenvalue weighted by molar-refractivity contribution is 0.0960. The molecule has 9 heteroatoms. The molecule has 1 aromatic heterocycles. The van der Waals surface area contributed by atoms with Crippen LogP contribution in [0.2, 0.25) is 0 Å². The summed E-state index contributed by atoms with van der Waals surface area (Å²) in [7, 11) is -3.53. The van der Waals surface area contributed by atoms with Gasteiger partial charge in [-0.3, -0.25) is 0 Å². The molecular formula is C23H28BrN3O3S2. The van der Waals surface area contributed by atoms with E-state index in [1.807, 2.05) is 32.0 Å². The third-order valence-corrected chi connectivity index (χ3v) is 9.34. The van der Waals surface area contributed by atoms with Gasteiger partial charge in [-0.1, -0.05) is 53.7 Å². The zero-order valence-electron chi connectivity index (χ0n) is 18.3. The molecule has 0 bridgehead atoms. The molecule has 2 aromatic carbocycles. The number of ether oxygens (including phenoxy) is 1. The summed E-state index contributed by atoms with van der Waals surface area (Å²) in [6.07, 6.45) is 2.27. The first-order valence-electron chi connectivity index (χ1n) is 10.9. The van der Waals surface area contributed by atoms with Crippen LogP contribution in [0.1, 0.15) is 32.3 Å². The monoisotopic (exact) mass is 537 g/mol. The Morgan fingerprint density at radius 2 is 1.94 bits per heavy atom. The summed E-state index contributed by atoms with van der Waals surface area (Å²) in [4.78, 5) is 5.14. The number of hydrogen-bond donors (Lipinski definition) is 0. The van der Waals surface area contributed by atoms with Crippen molar-refractivity contribution in [3.63, 3.8) is 0 Å². The topological polar surface area (TPSA) is 64.4 Å². The SMILES string of the molecule is CCN(CC)S(=O)(=O)c1ccc2c(c1)nc(SCc1ccc(Br)cc1)n2CC1CCCO1. The van der Waals surface area contributed by atoms with Crippen molar-refractivity contribution in [1.29, 1.82) is 0 Å². The second-order valence-electron chi connectivity index (χ2n) is 7.80. The standard InChI is InChI=1S/C23H28BrN3O3S2/c1-3-26(4-2)32(28,29)20-11-12-22-21(14-20)25-23(27(22)15-19-6-5-13-30-19)31-16-17-7-9-18(24)10-8-17/h7-12,14,19H,3-6,13,15-16H2,1-2H3. The van der Waals surface area contributed by atoms with E-state index in [1.54, 1.807) is 23.9 Å². The smallest absolute Gasteiger partial charge is 0.243 e. The first-order valence-corrected chi connectivity index (χ1v) is 14.1. The summed E-state index contributed by atoms with van der Waals surface area (Å²) < 4.78 is 36.6. The fourth-order valence-electron chi connectivity index (χ4n) is 3.97. The highest BCUT2D eigenvalue weighted by atomic mass is 79.9. The van der Waals surface area contributed by atoms with E-state index in [9.17, 15) is 8.42 Å². The Morgan fingerprint density at radius 1 is 1.19 bits per heavy atom. The van der Waals surface area contributed by atoms with Crippen LogP contribution >= 0.6 is 27.7 Å². The summed E-state index contributed by atoms with van der Waals surface area (Å²) in [5, 5.41) is 0.885. The van der Waals surface area contributed by atoms with E-state index in [-0.39, 0.29) is 6.10 Å². The second-order valence-corrected chi connectivity index (χ2v) is 11.6. The Balaban J connectivity index is 1.69. The largest absolute Gasteiger partial charge is 0.376 e. The average molecular weight is 539 g/mol. The first kappa shape index (κ1) is 23.8. The molecule has 3 aromatic rings. The maximum Gasteiger partial charge on any atom is 0.243 e. The first-order chi connectivity index (χ1) is 15.4. The number of hydrogen-bond acceptors (Lipinski definition) is 5. The van der Waals surface area contributed by atoms with E-state index in [1.165, 1.54) is 9.87 Å². The highest BCUT2D eigenvalue weighted by molar-refractivity contribution is 9.10. The van der Waals surface area contributed by atoms with Crippen molar-refractivity contribution in [2.75, 3.05) is 19.7 Å². The number of rotatable bonds is 9. The normalized spacial score (nSPS) is 16.9. The molecule has 0 amide bonds. The number of fused-ring (bicyclic) bond motifs is 1. The third-order valence-electron chi connectivity index (χ3n) is 5.72. The molecule has 0 radical (unpaired) electrons. The Labute approximate surface area is 202 Å². The molecule has 0 spiro atoms. The molecule has 1 atom stereocenters. The summed E-state index contributed by atoms with van der Waals surface area (Å²) in [6.45, 7) is 6.11. The van der Waals surface area contributed by atoms with Crippen LogP contribution in [0.5, 0.6) is 0 Å². The van der Waals surface area contributed by atoms with Crippen molar-refractivity contribution in [1.82, 2.24) is 13.9 Å². The molecule has 1 saturated heterocycles. The number of sulfonamides is 1. The van der Waals surface area contributed by atoms with E-state index in [4.69, 9.17) is 9.72 Å². The number of imidazole rings is 1. The summed E-state index contributed by atoms with van der Waals surface area (Å²) >= 11 is 5.14. The van der Waals surface area contributed by atoms with Crippen molar-refractivity contribution in [3.8, 4) is 0 Å². The lowest BCUT2D eigenvalue weighted by atomic mass is 10.2. The van der Waals surface area contributed by atoms with Gasteiger partial charge in [0.1, 0.15) is 0 Å². The van der Waals surface area contributed by atoms with Gasteiger partial charge in [-0.25, -0.2) is 13.4 Å². The third kappa shape index (κ3) is 5.07. The van der Waals surface area contributed by atoms with Gasteiger partial charge in [-0.2, -0.15) is 4.31 Å². The minimum Gasteiger partial charge on any atom is -0.376 e. The van der Waals surface area contributed by atoms with Crippen LogP contribution in [0.3, 0.4) is 0 Å². The van der Waals surface area contributed by atoms with Crippen molar-refractivity contribution >= 4 is 48.7 Å². The van der Waals surface area contributed by atoms with Crippen LogP contribution in [0.4, 0.5) is 0 Å². The Hall–Kier alpha value is -1.39. The predicted molar refractivity (Wildman–Crippen MR) is 133 cm³/mol. The van der Waals surface area contributed by atoms with Crippen LogP contribution < -0.4 is 0 Å². The molecule has 1 unspecified atom stereocenters. The van der Waals surface area contributed by atoms with Crippen molar-refractivity contribution in [3.05, 3.63) is 52.5 Å². The molecule has 172 valence electrons. The average Bonchev–Trinajstić information content (AvgIpc) is 3.42. The van der Waals surface area contributed by atoms with E-state index in [0.717, 1.165) is 46.9 Å². The van der Waals surface area contributed by atoms with Crippen molar-refractivity contribution < 1.29 is 13.2 Å². The minimum atomic E-state index is -3.53. The number of halogens is 1. The minimum absolute atomic E-state index is 0.165. The maximum atomic E-state index is 13.0. The van der Waals surface area contributed by atoms with Gasteiger partial charge in [0.2, 0.25) is 10.0 Å². The molecule has 0 saturated carbocycles. The molecule has 0 aliphatic carbocycles. The lowest BCUT2D eigenvalue weighted by Gasteiger charge is -2.18. The zero-order chi connectivity index (χ0) is 22.7. The number of aromatic nitrogens is 2. The van der Waals surface area contributed by atoms with Crippen LogP contribution in [0, 0.1) is 0 Å². The summed E-state index contributed by atoms with van der Waals surface area (Å²) in [6, 6.07) is 13.6. The van der Waals surface area contributed by atoms with E-state index in [2.05, 4.69) is 32.6 Å². The van der Waals surface area contributed by atoms with Crippen molar-refractivity contribution in [2.24, 2.45) is 0 Å². The zero-order valence-corrected chi connectivity index (χ0v) is 21.5. The van der Waals surface area contributed by atoms with Gasteiger partial charge in [0, 0.05) is 29.9 Å². The quantitative estimate of drug-likeness (QED) is 0.346. The maximum absolute atomic E-state index is 13.0. The van der Waals surface area contributed by atoms with Gasteiger partial charge < -0.3 is 9.30 Å². The lowest BCUT2D eigenvalue weighted by Crippen LogP contribution is -2.30. The molecule has 1 aliphatic heterocycles. The van der Waals surface area contributed by atoms with Gasteiger partial charge in [0.25, 0.3) is 0 Å². The Morgan fingerprint density at radius 3 is 2.59 bits per heavy atom. The summed E-state index contributed by atoms with van der Waals surface area (Å²) in [5.74, 6) is 0.784. The van der Waals surface area contributed by atoms with Crippen LogP contribution in [-0.4, -0.2) is 48.1 Å². The predicted octanol–water partition coefficient (Wildman–Crippen LogP) is 5.30. The number of thioether (sulfide) groups is 1. The fraction of sp³-hybridized carbons (Fsp3) is 0.435. The molecule has 1 aliphatic rings. The van der Waals surface area contributed by atoms with Crippen LogP contribution in [0.25, 0.3) is 11.0 Å². The van der Waals surface area contributed by atoms with E-state index >= 15 is 0 Å². The van der Waals surface area contributed by atoms with Crippen molar-refractivity contribution in [2.45, 2.75) is 55.1 Å². The van der Waals surface area contributed by atoms with Crippen LogP contribution in [-0.2, 0) is 27.1 Å². The molecule has 6 nitrogen and oxygen atoms in total. The van der Waals surface area contributed by atoms with Gasteiger partial charge in [-0.15, -0.1) is 0 Å². The van der Waals surface area contributed by atoms with Gasteiger partial charge in [-0.05, 0) is 48.7 Å². The highest BCUT2D eigenvalue weighted by Crippen LogP contribution is 2.31.